The molecule has 0 aliphatic rings. The van der Waals surface area contributed by atoms with Crippen LogP contribution in [0.2, 0.25) is 0 Å². The molecule has 1 heterocycles. The van der Waals surface area contributed by atoms with Crippen molar-refractivity contribution in [3.05, 3.63) is 11.7 Å². The van der Waals surface area contributed by atoms with Crippen LogP contribution in [0.1, 0.15) is 31.2 Å². The van der Waals surface area contributed by atoms with E-state index < -0.39 is 6.10 Å². The zero-order chi connectivity index (χ0) is 11.1. The minimum Gasteiger partial charge on any atom is -0.383 e. The van der Waals surface area contributed by atoms with E-state index in [1.165, 1.54) is 0 Å². The van der Waals surface area contributed by atoms with Crippen molar-refractivity contribution in [1.82, 2.24) is 10.1 Å². The highest BCUT2D eigenvalue weighted by Crippen LogP contribution is 2.13. The van der Waals surface area contributed by atoms with Gasteiger partial charge in [0.2, 0.25) is 0 Å². The topological polar surface area (TPSA) is 94.4 Å². The molecule has 0 radical (unpaired) electrons. The lowest BCUT2D eigenvalue weighted by Gasteiger charge is -2.01. The molecule has 0 aliphatic heterocycles. The van der Waals surface area contributed by atoms with Crippen LogP contribution in [0.25, 0.3) is 0 Å². The van der Waals surface area contributed by atoms with E-state index >= 15 is 0 Å². The van der Waals surface area contributed by atoms with Crippen LogP contribution >= 0.6 is 0 Å². The Hall–Kier alpha value is -0.980. The van der Waals surface area contributed by atoms with E-state index in [4.69, 9.17) is 15.0 Å². The molecular formula is C9H17N3O3. The predicted molar refractivity (Wildman–Crippen MR) is 53.1 cm³/mol. The van der Waals surface area contributed by atoms with Crippen molar-refractivity contribution in [2.24, 2.45) is 5.73 Å². The van der Waals surface area contributed by atoms with E-state index in [1.807, 2.05) is 6.92 Å². The van der Waals surface area contributed by atoms with Gasteiger partial charge in [-0.25, -0.2) is 0 Å². The summed E-state index contributed by atoms with van der Waals surface area (Å²) in [5.74, 6) is 0.779. The van der Waals surface area contributed by atoms with Crippen LogP contribution < -0.4 is 5.73 Å². The first-order chi connectivity index (χ1) is 7.27. The molecule has 0 bridgehead atoms. The maximum absolute atomic E-state index is 9.50. The van der Waals surface area contributed by atoms with Gasteiger partial charge < -0.3 is 20.1 Å². The summed E-state index contributed by atoms with van der Waals surface area (Å²) in [5.41, 5.74) is 5.30. The highest BCUT2D eigenvalue weighted by molar-refractivity contribution is 4.90. The van der Waals surface area contributed by atoms with E-state index in [2.05, 4.69) is 10.1 Å². The molecule has 0 spiro atoms. The van der Waals surface area contributed by atoms with Gasteiger partial charge in [0.1, 0.15) is 6.10 Å². The number of rotatable bonds is 7. The second-order valence-electron chi connectivity index (χ2n) is 3.09. The minimum absolute atomic E-state index is 0.229. The molecule has 0 aliphatic carbocycles. The Morgan fingerprint density at radius 1 is 1.60 bits per heavy atom. The third-order valence-electron chi connectivity index (χ3n) is 1.88. The van der Waals surface area contributed by atoms with Crippen LogP contribution in [-0.2, 0) is 11.2 Å². The Kier molecular flexibility index (Phi) is 5.23. The van der Waals surface area contributed by atoms with Crippen molar-refractivity contribution in [1.29, 1.82) is 0 Å². The lowest BCUT2D eigenvalue weighted by Crippen LogP contribution is -2.07. The average molecular weight is 215 g/mol. The Bertz CT molecular complexity index is 277. The predicted octanol–water partition coefficient (Wildman–Crippen LogP) is 0.0308. The summed E-state index contributed by atoms with van der Waals surface area (Å²) in [6.45, 7) is 3.54. The molecule has 3 N–H and O–H groups in total. The number of aliphatic hydroxyl groups excluding tert-OH is 1. The molecule has 1 atom stereocenters. The van der Waals surface area contributed by atoms with E-state index in [1.54, 1.807) is 0 Å². The molecule has 0 fully saturated rings. The van der Waals surface area contributed by atoms with Gasteiger partial charge in [-0.05, 0) is 19.9 Å². The van der Waals surface area contributed by atoms with Gasteiger partial charge >= 0.3 is 0 Å². The second kappa shape index (κ2) is 6.49. The zero-order valence-electron chi connectivity index (χ0n) is 8.85. The van der Waals surface area contributed by atoms with Gasteiger partial charge in [-0.2, -0.15) is 4.98 Å². The van der Waals surface area contributed by atoms with Gasteiger partial charge in [0, 0.05) is 13.0 Å². The van der Waals surface area contributed by atoms with Crippen molar-refractivity contribution in [3.63, 3.8) is 0 Å². The third kappa shape index (κ3) is 3.94. The van der Waals surface area contributed by atoms with Gasteiger partial charge in [0.25, 0.3) is 5.89 Å². The standard InChI is InChI=1S/C9H17N3O3/c1-2-14-6-4-8-11-9(15-12-8)7(13)3-5-10/h7,13H,2-6,10H2,1H3/t7-/m0/s1. The number of aromatic nitrogens is 2. The normalized spacial score (nSPS) is 13.0. The summed E-state index contributed by atoms with van der Waals surface area (Å²) in [7, 11) is 0. The molecule has 0 amide bonds. The monoisotopic (exact) mass is 215 g/mol. The number of nitrogens with zero attached hydrogens (tertiary/aromatic N) is 2. The second-order valence-corrected chi connectivity index (χ2v) is 3.09. The van der Waals surface area contributed by atoms with E-state index in [9.17, 15) is 5.11 Å². The highest BCUT2D eigenvalue weighted by atomic mass is 16.5. The maximum atomic E-state index is 9.50. The number of nitrogens with two attached hydrogens (primary N) is 1. The summed E-state index contributed by atoms with van der Waals surface area (Å²) in [6.07, 6.45) is 0.253. The van der Waals surface area contributed by atoms with Crippen molar-refractivity contribution >= 4 is 0 Å². The summed E-state index contributed by atoms with van der Waals surface area (Å²) in [5, 5.41) is 13.2. The van der Waals surface area contributed by atoms with Crippen molar-refractivity contribution in [2.75, 3.05) is 19.8 Å². The lowest BCUT2D eigenvalue weighted by atomic mass is 10.2. The molecule has 1 aromatic heterocycles. The largest absolute Gasteiger partial charge is 0.383 e. The lowest BCUT2D eigenvalue weighted by molar-refractivity contribution is 0.127. The SMILES string of the molecule is CCOCCc1noc([C@@H](O)CCN)n1. The quantitative estimate of drug-likeness (QED) is 0.623. The number of aliphatic hydroxyl groups is 1. The van der Waals surface area contributed by atoms with Crippen LogP contribution in [0.3, 0.4) is 0 Å². The van der Waals surface area contributed by atoms with Crippen LogP contribution in [0, 0.1) is 0 Å². The maximum Gasteiger partial charge on any atom is 0.255 e. The van der Waals surface area contributed by atoms with Gasteiger partial charge in [0.05, 0.1) is 6.61 Å². The smallest absolute Gasteiger partial charge is 0.255 e. The molecular weight excluding hydrogens is 198 g/mol. The van der Waals surface area contributed by atoms with Crippen molar-refractivity contribution < 1.29 is 14.4 Å². The fraction of sp³-hybridized carbons (Fsp3) is 0.778. The highest BCUT2D eigenvalue weighted by Gasteiger charge is 2.14. The average Bonchev–Trinajstić information content (AvgIpc) is 2.67. The van der Waals surface area contributed by atoms with Gasteiger partial charge in [-0.1, -0.05) is 5.16 Å². The number of ether oxygens (including phenoxy) is 1. The Morgan fingerprint density at radius 3 is 3.07 bits per heavy atom. The summed E-state index contributed by atoms with van der Waals surface area (Å²) < 4.78 is 10.0. The van der Waals surface area contributed by atoms with Gasteiger partial charge in [-0.15, -0.1) is 0 Å². The zero-order valence-corrected chi connectivity index (χ0v) is 8.85. The molecule has 0 unspecified atom stereocenters. The molecule has 6 heteroatoms. The number of hydrogen-bond donors (Lipinski definition) is 2. The number of hydrogen-bond acceptors (Lipinski definition) is 6. The first-order valence-electron chi connectivity index (χ1n) is 5.06. The molecule has 6 nitrogen and oxygen atoms in total. The molecule has 1 rings (SSSR count). The van der Waals surface area contributed by atoms with E-state index in [-0.39, 0.29) is 5.89 Å². The third-order valence-corrected chi connectivity index (χ3v) is 1.88. The minimum atomic E-state index is -0.761. The van der Waals surface area contributed by atoms with Crippen LogP contribution in [0.4, 0.5) is 0 Å². The molecule has 0 aromatic carbocycles. The Morgan fingerprint density at radius 2 is 2.40 bits per heavy atom. The summed E-state index contributed by atoms with van der Waals surface area (Å²) in [4.78, 5) is 4.04. The van der Waals surface area contributed by atoms with Gasteiger partial charge in [0.15, 0.2) is 5.82 Å². The molecule has 1 aromatic rings. The van der Waals surface area contributed by atoms with Crippen molar-refractivity contribution in [2.45, 2.75) is 25.9 Å². The molecule has 15 heavy (non-hydrogen) atoms. The Labute approximate surface area is 88.4 Å². The van der Waals surface area contributed by atoms with Crippen LogP contribution in [0.5, 0.6) is 0 Å². The van der Waals surface area contributed by atoms with Gasteiger partial charge in [-0.3, -0.25) is 0 Å². The van der Waals surface area contributed by atoms with E-state index in [0.717, 1.165) is 0 Å². The first-order valence-corrected chi connectivity index (χ1v) is 5.06. The molecule has 0 saturated carbocycles. The van der Waals surface area contributed by atoms with Crippen molar-refractivity contribution in [3.8, 4) is 0 Å². The van der Waals surface area contributed by atoms with Crippen LogP contribution in [-0.4, -0.2) is 35.0 Å². The molecule has 86 valence electrons. The summed E-state index contributed by atoms with van der Waals surface area (Å²) >= 11 is 0. The fourth-order valence-corrected chi connectivity index (χ4v) is 1.09. The molecule has 0 saturated heterocycles. The van der Waals surface area contributed by atoms with Crippen LogP contribution in [0.15, 0.2) is 4.52 Å². The summed E-state index contributed by atoms with van der Waals surface area (Å²) in [6, 6.07) is 0. The Balaban J connectivity index is 2.41. The first kappa shape index (κ1) is 12.1. The van der Waals surface area contributed by atoms with E-state index in [0.29, 0.717) is 38.4 Å². The fourth-order valence-electron chi connectivity index (χ4n) is 1.09.